The minimum absolute atomic E-state index is 0.0948. The van der Waals surface area contributed by atoms with E-state index < -0.39 is 0 Å². The van der Waals surface area contributed by atoms with E-state index in [0.29, 0.717) is 17.9 Å². The molecule has 0 saturated carbocycles. The predicted octanol–water partition coefficient (Wildman–Crippen LogP) is 3.32. The third-order valence-corrected chi connectivity index (χ3v) is 6.44. The van der Waals surface area contributed by atoms with Crippen LogP contribution >= 0.6 is 0 Å². The van der Waals surface area contributed by atoms with Gasteiger partial charge in [-0.05, 0) is 89.6 Å². The number of tetrazole rings is 1. The Morgan fingerprint density at radius 2 is 1.82 bits per heavy atom. The lowest BCUT2D eigenvalue weighted by molar-refractivity contribution is 0.263. The predicted molar refractivity (Wildman–Crippen MR) is 127 cm³/mol. The summed E-state index contributed by atoms with van der Waals surface area (Å²) in [6.07, 6.45) is 3.14. The van der Waals surface area contributed by atoms with Gasteiger partial charge in [-0.25, -0.2) is 4.68 Å². The number of nitrogens with one attached hydrogen (secondary N) is 1. The van der Waals surface area contributed by atoms with Crippen LogP contribution in [0.3, 0.4) is 0 Å². The van der Waals surface area contributed by atoms with Gasteiger partial charge in [0.15, 0.2) is 5.82 Å². The average Bonchev–Trinajstić information content (AvgIpc) is 3.53. The van der Waals surface area contributed by atoms with Gasteiger partial charge in [0.25, 0.3) is 5.56 Å². The van der Waals surface area contributed by atoms with Crippen molar-refractivity contribution in [2.75, 3.05) is 20.2 Å². The van der Waals surface area contributed by atoms with Gasteiger partial charge in [0.1, 0.15) is 11.8 Å². The number of nitrogens with zero attached hydrogens (tertiary/aromatic N) is 5. The SMILES string of the molecule is CCc1ccc2[nH]c(=O)c(C(c3nnnn3Cc3ccc(OC)cc3)N3CCCC3)cc2c1. The van der Waals surface area contributed by atoms with Gasteiger partial charge < -0.3 is 9.72 Å². The standard InChI is InChI=1S/C25H28N6O2/c1-3-17-8-11-22-19(14-17)15-21(25(32)26-22)23(30-12-4-5-13-30)24-27-28-29-31(24)16-18-6-9-20(33-2)10-7-18/h6-11,14-15,23H,3-5,12-13,16H2,1-2H3,(H,26,32). The number of hydrogen-bond donors (Lipinski definition) is 1. The first kappa shape index (κ1) is 21.3. The van der Waals surface area contributed by atoms with E-state index in [1.165, 1.54) is 5.56 Å². The van der Waals surface area contributed by atoms with E-state index in [2.05, 4.69) is 44.5 Å². The fraction of sp³-hybridized carbons (Fsp3) is 0.360. The van der Waals surface area contributed by atoms with Gasteiger partial charge in [0.05, 0.1) is 13.7 Å². The second-order valence-corrected chi connectivity index (χ2v) is 8.52. The Hall–Kier alpha value is -3.52. The molecule has 8 heteroatoms. The van der Waals surface area contributed by atoms with Crippen molar-refractivity contribution in [1.82, 2.24) is 30.1 Å². The van der Waals surface area contributed by atoms with E-state index >= 15 is 0 Å². The zero-order valence-corrected chi connectivity index (χ0v) is 19.0. The molecule has 0 aliphatic carbocycles. The molecule has 3 heterocycles. The summed E-state index contributed by atoms with van der Waals surface area (Å²) in [7, 11) is 1.65. The number of fused-ring (bicyclic) bond motifs is 1. The lowest BCUT2D eigenvalue weighted by Gasteiger charge is -2.26. The number of rotatable bonds is 7. The summed E-state index contributed by atoms with van der Waals surface area (Å²) in [6, 6.07) is 15.8. The third kappa shape index (κ3) is 4.26. The van der Waals surface area contributed by atoms with Crippen molar-refractivity contribution in [2.45, 2.75) is 38.8 Å². The number of aryl methyl sites for hydroxylation is 1. The normalized spacial score (nSPS) is 15.2. The molecule has 1 N–H and O–H groups in total. The summed E-state index contributed by atoms with van der Waals surface area (Å²) in [5.74, 6) is 1.49. The van der Waals surface area contributed by atoms with Gasteiger partial charge in [-0.2, -0.15) is 0 Å². The molecule has 1 aliphatic rings. The summed E-state index contributed by atoms with van der Waals surface area (Å²) in [5, 5.41) is 13.7. The molecule has 0 amide bonds. The van der Waals surface area contributed by atoms with Crippen molar-refractivity contribution in [1.29, 1.82) is 0 Å². The van der Waals surface area contributed by atoms with Crippen molar-refractivity contribution in [3.05, 3.63) is 81.4 Å². The fourth-order valence-corrected chi connectivity index (χ4v) is 4.62. The van der Waals surface area contributed by atoms with Crippen LogP contribution in [-0.2, 0) is 13.0 Å². The van der Waals surface area contributed by atoms with E-state index in [4.69, 9.17) is 4.74 Å². The molecule has 2 aromatic carbocycles. The maximum Gasteiger partial charge on any atom is 0.253 e. The molecule has 1 fully saturated rings. The molecule has 4 aromatic rings. The summed E-state index contributed by atoms with van der Waals surface area (Å²) >= 11 is 0. The summed E-state index contributed by atoms with van der Waals surface area (Å²) < 4.78 is 7.07. The summed E-state index contributed by atoms with van der Waals surface area (Å²) in [4.78, 5) is 18.6. The van der Waals surface area contributed by atoms with Crippen molar-refractivity contribution in [3.63, 3.8) is 0 Å². The van der Waals surface area contributed by atoms with Crippen LogP contribution in [0.4, 0.5) is 0 Å². The van der Waals surface area contributed by atoms with Crippen molar-refractivity contribution >= 4 is 10.9 Å². The van der Waals surface area contributed by atoms with Gasteiger partial charge in [0, 0.05) is 11.1 Å². The fourth-order valence-electron chi connectivity index (χ4n) is 4.62. The number of hydrogen-bond acceptors (Lipinski definition) is 6. The highest BCUT2D eigenvalue weighted by Gasteiger charge is 2.32. The van der Waals surface area contributed by atoms with Crippen LogP contribution in [0.5, 0.6) is 5.75 Å². The second kappa shape index (κ2) is 9.15. The molecule has 1 unspecified atom stereocenters. The number of benzene rings is 2. The van der Waals surface area contributed by atoms with Crippen LogP contribution in [0.15, 0.2) is 53.3 Å². The topological polar surface area (TPSA) is 88.9 Å². The van der Waals surface area contributed by atoms with Crippen LogP contribution in [-0.4, -0.2) is 50.3 Å². The van der Waals surface area contributed by atoms with Gasteiger partial charge in [-0.3, -0.25) is 9.69 Å². The van der Waals surface area contributed by atoms with Gasteiger partial charge in [-0.15, -0.1) is 5.10 Å². The van der Waals surface area contributed by atoms with Crippen LogP contribution in [0.2, 0.25) is 0 Å². The smallest absolute Gasteiger partial charge is 0.253 e. The highest BCUT2D eigenvalue weighted by atomic mass is 16.5. The van der Waals surface area contributed by atoms with E-state index in [9.17, 15) is 4.79 Å². The molecule has 0 spiro atoms. The van der Waals surface area contributed by atoms with Crippen molar-refractivity contribution in [3.8, 4) is 5.75 Å². The van der Waals surface area contributed by atoms with Crippen LogP contribution in [0.25, 0.3) is 10.9 Å². The van der Waals surface area contributed by atoms with E-state index in [1.54, 1.807) is 11.8 Å². The lowest BCUT2D eigenvalue weighted by atomic mass is 10.0. The van der Waals surface area contributed by atoms with E-state index in [-0.39, 0.29) is 11.6 Å². The number of aromatic amines is 1. The Morgan fingerprint density at radius 1 is 1.06 bits per heavy atom. The molecule has 33 heavy (non-hydrogen) atoms. The Labute approximate surface area is 192 Å². The molecule has 1 atom stereocenters. The zero-order chi connectivity index (χ0) is 22.8. The number of likely N-dealkylation sites (tertiary alicyclic amines) is 1. The molecule has 5 rings (SSSR count). The summed E-state index contributed by atoms with van der Waals surface area (Å²) in [5.41, 5.74) is 3.73. The second-order valence-electron chi connectivity index (χ2n) is 8.52. The minimum atomic E-state index is -0.306. The maximum atomic E-state index is 13.2. The highest BCUT2D eigenvalue weighted by molar-refractivity contribution is 5.80. The monoisotopic (exact) mass is 444 g/mol. The lowest BCUT2D eigenvalue weighted by Crippen LogP contribution is -2.33. The number of pyridine rings is 1. The molecular weight excluding hydrogens is 416 g/mol. The first-order chi connectivity index (χ1) is 16.2. The van der Waals surface area contributed by atoms with E-state index in [0.717, 1.165) is 54.6 Å². The Morgan fingerprint density at radius 3 is 2.55 bits per heavy atom. The van der Waals surface area contributed by atoms with Crippen LogP contribution in [0.1, 0.15) is 48.3 Å². The molecule has 170 valence electrons. The molecule has 0 radical (unpaired) electrons. The molecule has 1 aliphatic heterocycles. The molecule has 8 nitrogen and oxygen atoms in total. The number of methoxy groups -OCH3 is 1. The zero-order valence-electron chi connectivity index (χ0n) is 19.0. The number of H-pyrrole nitrogens is 1. The Bertz CT molecular complexity index is 1300. The quantitative estimate of drug-likeness (QED) is 0.470. The van der Waals surface area contributed by atoms with Gasteiger partial charge in [0.2, 0.25) is 0 Å². The number of aromatic nitrogens is 5. The minimum Gasteiger partial charge on any atom is -0.497 e. The largest absolute Gasteiger partial charge is 0.497 e. The maximum absolute atomic E-state index is 13.2. The Kier molecular flexibility index (Phi) is 5.92. The molecular formula is C25H28N6O2. The van der Waals surface area contributed by atoms with Gasteiger partial charge >= 0.3 is 0 Å². The third-order valence-electron chi connectivity index (χ3n) is 6.44. The molecule has 0 bridgehead atoms. The molecule has 2 aromatic heterocycles. The number of ether oxygens (including phenoxy) is 1. The van der Waals surface area contributed by atoms with Crippen molar-refractivity contribution < 1.29 is 4.74 Å². The first-order valence-corrected chi connectivity index (χ1v) is 11.4. The van der Waals surface area contributed by atoms with Crippen molar-refractivity contribution in [2.24, 2.45) is 0 Å². The highest BCUT2D eigenvalue weighted by Crippen LogP contribution is 2.30. The van der Waals surface area contributed by atoms with Gasteiger partial charge in [-0.1, -0.05) is 25.1 Å². The first-order valence-electron chi connectivity index (χ1n) is 11.4. The Balaban J connectivity index is 1.58. The average molecular weight is 445 g/mol. The summed E-state index contributed by atoms with van der Waals surface area (Å²) in [6.45, 7) is 4.47. The van der Waals surface area contributed by atoms with Crippen LogP contribution in [0, 0.1) is 0 Å². The van der Waals surface area contributed by atoms with E-state index in [1.807, 2.05) is 36.4 Å². The van der Waals surface area contributed by atoms with Crippen LogP contribution < -0.4 is 10.3 Å². The molecule has 1 saturated heterocycles.